The van der Waals surface area contributed by atoms with Gasteiger partial charge in [0.15, 0.2) is 0 Å². The molecule has 3 rings (SSSR count). The smallest absolute Gasteiger partial charge is 0.242 e. The highest BCUT2D eigenvalue weighted by Gasteiger charge is 2.36. The molecule has 0 unspecified atom stereocenters. The van der Waals surface area contributed by atoms with Gasteiger partial charge in [-0.15, -0.1) is 6.42 Å². The minimum atomic E-state index is -0.193. The number of rotatable bonds is 6. The van der Waals surface area contributed by atoms with Crippen LogP contribution < -0.4 is 4.74 Å². The van der Waals surface area contributed by atoms with Gasteiger partial charge in [0.05, 0.1) is 11.8 Å². The van der Waals surface area contributed by atoms with E-state index in [0.717, 1.165) is 16.9 Å². The van der Waals surface area contributed by atoms with Crippen LogP contribution in [-0.2, 0) is 17.8 Å². The molecule has 4 nitrogen and oxygen atoms in total. The van der Waals surface area contributed by atoms with E-state index >= 15 is 0 Å². The largest absolute Gasteiger partial charge is 0.481 e. The van der Waals surface area contributed by atoms with Crippen LogP contribution in [0, 0.1) is 12.3 Å². The Balaban J connectivity index is 1.63. The number of carbonyl (C=O) groups excluding carboxylic acids is 1. The van der Waals surface area contributed by atoms with Crippen molar-refractivity contribution < 1.29 is 9.53 Å². The molecular weight excluding hydrogens is 352 g/mol. The minimum absolute atomic E-state index is 0.0477. The maximum absolute atomic E-state index is 12.7. The predicted octanol–water partition coefficient (Wildman–Crippen LogP) is 3.07. The van der Waals surface area contributed by atoms with Crippen molar-refractivity contribution in [2.45, 2.75) is 18.2 Å². The summed E-state index contributed by atoms with van der Waals surface area (Å²) in [4.78, 5) is 18.4. The Bertz CT molecular complexity index is 800. The number of pyridine rings is 1. The maximum atomic E-state index is 12.7. The molecule has 2 aromatic rings. The number of nitrogens with zero attached hydrogens (tertiary/aromatic N) is 2. The average Bonchev–Trinajstić information content (AvgIpc) is 2.89. The number of amides is 1. The Kier molecular flexibility index (Phi) is 5.69. The van der Waals surface area contributed by atoms with Crippen LogP contribution in [0.2, 0.25) is 0 Å². The molecule has 2 heterocycles. The first-order valence-corrected chi connectivity index (χ1v) is 9.02. The molecule has 0 radical (unpaired) electrons. The molecule has 1 saturated heterocycles. The van der Waals surface area contributed by atoms with E-state index in [9.17, 15) is 4.79 Å². The second-order valence-corrected chi connectivity index (χ2v) is 7.34. The fraction of sp³-hybridized carbons (Fsp3) is 0.211. The van der Waals surface area contributed by atoms with Gasteiger partial charge in [-0.2, -0.15) is 0 Å². The Morgan fingerprint density at radius 2 is 2.08 bits per heavy atom. The van der Waals surface area contributed by atoms with Crippen molar-refractivity contribution in [3.05, 3.63) is 59.9 Å². The second-order valence-electron chi connectivity index (χ2n) is 5.50. The lowest BCUT2D eigenvalue weighted by atomic mass is 10.1. The molecule has 1 atom stereocenters. The molecule has 0 spiro atoms. The molecule has 0 N–H and O–H groups in total. The molecule has 1 aromatic carbocycles. The van der Waals surface area contributed by atoms with Crippen molar-refractivity contribution >= 4 is 34.2 Å². The Hall–Kier alpha value is -2.36. The van der Waals surface area contributed by atoms with Crippen molar-refractivity contribution in [1.82, 2.24) is 9.88 Å². The van der Waals surface area contributed by atoms with E-state index in [0.29, 0.717) is 17.3 Å². The van der Waals surface area contributed by atoms with Crippen LogP contribution in [0.15, 0.2) is 48.8 Å². The highest BCUT2D eigenvalue weighted by atomic mass is 32.2. The first kappa shape index (κ1) is 17.5. The van der Waals surface area contributed by atoms with E-state index in [1.165, 1.54) is 11.8 Å². The van der Waals surface area contributed by atoms with Gasteiger partial charge in [-0.05, 0) is 35.7 Å². The number of hydrogen-bond acceptors (Lipinski definition) is 5. The molecule has 0 aliphatic carbocycles. The van der Waals surface area contributed by atoms with Crippen LogP contribution in [0.5, 0.6) is 5.75 Å². The summed E-state index contributed by atoms with van der Waals surface area (Å²) >= 11 is 6.83. The summed E-state index contributed by atoms with van der Waals surface area (Å²) in [5, 5.41) is -0.193. The molecule has 1 aliphatic rings. The van der Waals surface area contributed by atoms with E-state index in [1.54, 1.807) is 17.3 Å². The van der Waals surface area contributed by atoms with Gasteiger partial charge in [-0.25, -0.2) is 0 Å². The van der Waals surface area contributed by atoms with Crippen LogP contribution in [0.3, 0.4) is 0 Å². The zero-order valence-corrected chi connectivity index (χ0v) is 15.1. The number of ether oxygens (including phenoxy) is 1. The Morgan fingerprint density at radius 3 is 2.76 bits per heavy atom. The monoisotopic (exact) mass is 368 g/mol. The fourth-order valence-corrected chi connectivity index (χ4v) is 4.04. The third kappa shape index (κ3) is 4.38. The standard InChI is InChI=1S/C19H16N2O2S2/c1-2-10-23-16-7-5-14(6-8-16)11-17-18(22)21(19(24)25-17)13-15-4-3-9-20-12-15/h1,3-9,12,17H,10-11,13H2/t17-/m0/s1. The molecule has 0 saturated carbocycles. The van der Waals surface area contributed by atoms with E-state index in [4.69, 9.17) is 23.4 Å². The lowest BCUT2D eigenvalue weighted by Crippen LogP contribution is -2.31. The highest BCUT2D eigenvalue weighted by Crippen LogP contribution is 2.31. The summed E-state index contributed by atoms with van der Waals surface area (Å²) in [6.07, 6.45) is 9.27. The van der Waals surface area contributed by atoms with Crippen LogP contribution in [0.1, 0.15) is 11.1 Å². The minimum Gasteiger partial charge on any atom is -0.481 e. The number of hydrogen-bond donors (Lipinski definition) is 0. The number of thioether (sulfide) groups is 1. The average molecular weight is 368 g/mol. The molecule has 1 amide bonds. The van der Waals surface area contributed by atoms with Gasteiger partial charge in [0.2, 0.25) is 5.91 Å². The first-order valence-electron chi connectivity index (χ1n) is 7.73. The number of benzene rings is 1. The number of aromatic nitrogens is 1. The number of thiocarbonyl (C=S) groups is 1. The van der Waals surface area contributed by atoms with Gasteiger partial charge < -0.3 is 4.74 Å². The van der Waals surface area contributed by atoms with Crippen LogP contribution in [-0.4, -0.2) is 32.0 Å². The molecule has 1 aromatic heterocycles. The number of carbonyl (C=O) groups is 1. The van der Waals surface area contributed by atoms with Gasteiger partial charge in [0, 0.05) is 12.4 Å². The Labute approximate surface area is 156 Å². The third-order valence-electron chi connectivity index (χ3n) is 3.74. The summed E-state index contributed by atoms with van der Waals surface area (Å²) in [7, 11) is 0. The van der Waals surface area contributed by atoms with Crippen molar-refractivity contribution in [2.24, 2.45) is 0 Å². The summed E-state index contributed by atoms with van der Waals surface area (Å²) in [5.74, 6) is 3.20. The van der Waals surface area contributed by atoms with E-state index in [1.807, 2.05) is 36.4 Å². The third-order valence-corrected chi connectivity index (χ3v) is 5.32. The van der Waals surface area contributed by atoms with Crippen LogP contribution in [0.25, 0.3) is 0 Å². The van der Waals surface area contributed by atoms with Crippen molar-refractivity contribution in [3.63, 3.8) is 0 Å². The molecule has 1 aliphatic heterocycles. The van der Waals surface area contributed by atoms with Crippen LogP contribution >= 0.6 is 24.0 Å². The number of terminal acetylenes is 1. The highest BCUT2D eigenvalue weighted by molar-refractivity contribution is 8.24. The summed E-state index contributed by atoms with van der Waals surface area (Å²) in [5.41, 5.74) is 2.03. The van der Waals surface area contributed by atoms with E-state index in [-0.39, 0.29) is 17.8 Å². The SMILES string of the molecule is C#CCOc1ccc(C[C@@H]2SC(=S)N(Cc3cccnc3)C2=O)cc1. The van der Waals surface area contributed by atoms with Gasteiger partial charge in [0.25, 0.3) is 0 Å². The molecule has 25 heavy (non-hydrogen) atoms. The fourth-order valence-electron chi connectivity index (χ4n) is 2.51. The lowest BCUT2D eigenvalue weighted by Gasteiger charge is -2.15. The molecular formula is C19H16N2O2S2. The van der Waals surface area contributed by atoms with Gasteiger partial charge in [-0.3, -0.25) is 14.7 Å². The predicted molar refractivity (Wildman–Crippen MR) is 103 cm³/mol. The zero-order chi connectivity index (χ0) is 17.6. The summed E-state index contributed by atoms with van der Waals surface area (Å²) in [6.45, 7) is 0.710. The van der Waals surface area contributed by atoms with E-state index in [2.05, 4.69) is 10.9 Å². The molecule has 0 bridgehead atoms. The lowest BCUT2D eigenvalue weighted by molar-refractivity contribution is -0.126. The Morgan fingerprint density at radius 1 is 1.28 bits per heavy atom. The van der Waals surface area contributed by atoms with Crippen molar-refractivity contribution in [3.8, 4) is 18.1 Å². The summed E-state index contributed by atoms with van der Waals surface area (Å²) in [6, 6.07) is 11.4. The van der Waals surface area contributed by atoms with Gasteiger partial charge in [-0.1, -0.05) is 48.1 Å². The van der Waals surface area contributed by atoms with Crippen molar-refractivity contribution in [2.75, 3.05) is 6.61 Å². The molecule has 126 valence electrons. The normalized spacial score (nSPS) is 16.8. The second kappa shape index (κ2) is 8.15. The van der Waals surface area contributed by atoms with Crippen LogP contribution in [0.4, 0.5) is 0 Å². The zero-order valence-electron chi connectivity index (χ0n) is 13.4. The molecule has 1 fully saturated rings. The van der Waals surface area contributed by atoms with Gasteiger partial charge >= 0.3 is 0 Å². The topological polar surface area (TPSA) is 42.4 Å². The maximum Gasteiger partial charge on any atom is 0.242 e. The van der Waals surface area contributed by atoms with Crippen molar-refractivity contribution in [1.29, 1.82) is 0 Å². The van der Waals surface area contributed by atoms with Gasteiger partial charge in [0.1, 0.15) is 16.7 Å². The summed E-state index contributed by atoms with van der Waals surface area (Å²) < 4.78 is 5.98. The van der Waals surface area contributed by atoms with E-state index < -0.39 is 0 Å². The quantitative estimate of drug-likeness (QED) is 0.579. The molecule has 6 heteroatoms. The first-order chi connectivity index (χ1) is 12.2.